The molecule has 0 bridgehead atoms. The second-order valence-corrected chi connectivity index (χ2v) is 19.0. The second-order valence-electron chi connectivity index (χ2n) is 19.0. The number of ether oxygens (including phenoxy) is 4. The van der Waals surface area contributed by atoms with Crippen LogP contribution >= 0.6 is 0 Å². The summed E-state index contributed by atoms with van der Waals surface area (Å²) in [5.74, 6) is 2.44. The molecule has 0 saturated carbocycles. The van der Waals surface area contributed by atoms with E-state index < -0.39 is 0 Å². The number of esters is 2. The summed E-state index contributed by atoms with van der Waals surface area (Å²) in [6.45, 7) is 11.9. The lowest BCUT2D eigenvalue weighted by Gasteiger charge is -2.17. The van der Waals surface area contributed by atoms with E-state index in [1.54, 1.807) is 0 Å². The molecule has 1 aromatic rings. The molecular weight excluding hydrogens is 771 g/mol. The van der Waals surface area contributed by atoms with Crippen molar-refractivity contribution in [2.45, 2.75) is 253 Å². The average molecular weight is 872 g/mol. The average Bonchev–Trinajstić information content (AvgIpc) is 3.24. The summed E-state index contributed by atoms with van der Waals surface area (Å²) in [6.07, 6.45) is 40.0. The Hall–Kier alpha value is -2.28. The maximum atomic E-state index is 12.9. The minimum absolute atomic E-state index is 0.0320. The summed E-state index contributed by atoms with van der Waals surface area (Å²) >= 11 is 0. The monoisotopic (exact) mass is 872 g/mol. The van der Waals surface area contributed by atoms with Crippen molar-refractivity contribution in [2.24, 2.45) is 11.8 Å². The summed E-state index contributed by atoms with van der Waals surface area (Å²) < 4.78 is 23.9. The van der Waals surface area contributed by atoms with Crippen molar-refractivity contribution in [1.29, 1.82) is 0 Å². The van der Waals surface area contributed by atoms with E-state index >= 15 is 0 Å². The number of benzene rings is 1. The van der Waals surface area contributed by atoms with Crippen LogP contribution < -0.4 is 9.47 Å². The van der Waals surface area contributed by atoms with Gasteiger partial charge in [-0.1, -0.05) is 182 Å². The molecule has 7 heteroatoms. The van der Waals surface area contributed by atoms with Gasteiger partial charge in [0.15, 0.2) is 0 Å². The van der Waals surface area contributed by atoms with E-state index in [1.807, 2.05) is 6.07 Å². The first-order chi connectivity index (χ1) is 30.3. The van der Waals surface area contributed by atoms with Gasteiger partial charge in [0.05, 0.1) is 26.4 Å². The molecule has 0 aromatic heterocycles. The first kappa shape index (κ1) is 57.7. The van der Waals surface area contributed by atoms with Crippen molar-refractivity contribution >= 4 is 11.9 Å². The fourth-order valence-corrected chi connectivity index (χ4v) is 8.55. The molecule has 0 aliphatic rings. The highest BCUT2D eigenvalue weighted by Crippen LogP contribution is 2.26. The summed E-state index contributed by atoms with van der Waals surface area (Å²) in [5, 5.41) is 0. The van der Waals surface area contributed by atoms with Crippen molar-refractivity contribution in [1.82, 2.24) is 4.90 Å². The van der Waals surface area contributed by atoms with Crippen LogP contribution in [-0.4, -0.2) is 57.4 Å². The molecule has 0 radical (unpaired) electrons. The SMILES string of the molecule is CCCCCCCCC(CCCCCCCC)CC(=O)OCCCCOc1cc(CN(C)C)cc(OCCCCOC(=O)CC(CCCCCCCC)CCCCCCCC)c1. The molecule has 362 valence electrons. The zero-order chi connectivity index (χ0) is 45.1. The van der Waals surface area contributed by atoms with Gasteiger partial charge in [0, 0.05) is 25.5 Å². The van der Waals surface area contributed by atoms with Gasteiger partial charge in [-0.25, -0.2) is 0 Å². The van der Waals surface area contributed by atoms with E-state index in [0.29, 0.717) is 51.1 Å². The maximum absolute atomic E-state index is 12.9. The van der Waals surface area contributed by atoms with Crippen molar-refractivity contribution < 1.29 is 28.5 Å². The molecular formula is C55H101NO6. The lowest BCUT2D eigenvalue weighted by molar-refractivity contribution is -0.146. The zero-order valence-electron chi connectivity index (χ0n) is 41.9. The molecule has 0 spiro atoms. The highest BCUT2D eigenvalue weighted by Gasteiger charge is 2.17. The maximum Gasteiger partial charge on any atom is 0.306 e. The van der Waals surface area contributed by atoms with Crippen molar-refractivity contribution in [3.63, 3.8) is 0 Å². The predicted molar refractivity (Wildman–Crippen MR) is 263 cm³/mol. The number of nitrogens with zero attached hydrogens (tertiary/aromatic N) is 1. The van der Waals surface area contributed by atoms with E-state index in [4.69, 9.17) is 18.9 Å². The summed E-state index contributed by atoms with van der Waals surface area (Å²) in [5.41, 5.74) is 1.14. The molecule has 0 N–H and O–H groups in total. The third kappa shape index (κ3) is 36.1. The van der Waals surface area contributed by atoms with Gasteiger partial charge in [-0.2, -0.15) is 0 Å². The highest BCUT2D eigenvalue weighted by atomic mass is 16.5. The van der Waals surface area contributed by atoms with Crippen LogP contribution in [0.4, 0.5) is 0 Å². The molecule has 0 aliphatic carbocycles. The van der Waals surface area contributed by atoms with Crippen molar-refractivity contribution in [3.8, 4) is 11.5 Å². The lowest BCUT2D eigenvalue weighted by atomic mass is 9.91. The van der Waals surface area contributed by atoms with Crippen LogP contribution in [-0.2, 0) is 25.6 Å². The first-order valence-corrected chi connectivity index (χ1v) is 26.7. The normalized spacial score (nSPS) is 11.6. The number of unbranched alkanes of at least 4 members (excludes halogenated alkanes) is 22. The molecule has 0 heterocycles. The van der Waals surface area contributed by atoms with Crippen LogP contribution in [0.1, 0.15) is 252 Å². The van der Waals surface area contributed by atoms with E-state index in [-0.39, 0.29) is 11.9 Å². The summed E-state index contributed by atoms with van der Waals surface area (Å²) in [6, 6.07) is 6.15. The van der Waals surface area contributed by atoms with Gasteiger partial charge < -0.3 is 23.8 Å². The Kier molecular flexibility index (Phi) is 39.7. The Balaban J connectivity index is 2.47. The number of carbonyl (C=O) groups excluding carboxylic acids is 2. The van der Waals surface area contributed by atoms with Crippen molar-refractivity contribution in [2.75, 3.05) is 40.5 Å². The zero-order valence-corrected chi connectivity index (χ0v) is 41.9. The Morgan fingerprint density at radius 3 is 1.05 bits per heavy atom. The number of hydrogen-bond donors (Lipinski definition) is 0. The number of hydrogen-bond acceptors (Lipinski definition) is 7. The second kappa shape index (κ2) is 42.7. The van der Waals surface area contributed by atoms with Crippen LogP contribution in [0.25, 0.3) is 0 Å². The quantitative estimate of drug-likeness (QED) is 0.0477. The molecule has 0 fully saturated rings. The van der Waals surface area contributed by atoms with Gasteiger partial charge >= 0.3 is 11.9 Å². The van der Waals surface area contributed by atoms with E-state index in [1.165, 1.54) is 154 Å². The molecule has 0 amide bonds. The van der Waals surface area contributed by atoms with Gasteiger partial charge in [-0.3, -0.25) is 9.59 Å². The largest absolute Gasteiger partial charge is 0.493 e. The van der Waals surface area contributed by atoms with E-state index in [9.17, 15) is 9.59 Å². The van der Waals surface area contributed by atoms with Crippen molar-refractivity contribution in [3.05, 3.63) is 23.8 Å². The molecule has 1 rings (SSSR count). The molecule has 0 unspecified atom stereocenters. The molecule has 7 nitrogen and oxygen atoms in total. The van der Waals surface area contributed by atoms with Crippen LogP contribution in [0.5, 0.6) is 11.5 Å². The minimum Gasteiger partial charge on any atom is -0.493 e. The molecule has 0 atom stereocenters. The fourth-order valence-electron chi connectivity index (χ4n) is 8.55. The third-order valence-electron chi connectivity index (χ3n) is 12.4. The van der Waals surface area contributed by atoms with Gasteiger partial charge in [0.25, 0.3) is 0 Å². The smallest absolute Gasteiger partial charge is 0.306 e. The van der Waals surface area contributed by atoms with Gasteiger partial charge in [-0.15, -0.1) is 0 Å². The van der Waals surface area contributed by atoms with Gasteiger partial charge in [-0.05, 0) is 95.0 Å². The standard InChI is InChI=1S/C55H101NO6/c1-7-11-15-19-23-27-35-49(36-28-24-20-16-12-8-2)45-54(57)61-41-33-31-39-59-52-43-51(48-56(5)6)44-53(47-52)60-40-32-34-42-62-55(58)46-50(37-29-25-21-17-13-9-3)38-30-26-22-18-14-10-4/h43-44,47,49-50H,7-42,45-46,48H2,1-6H3. The Labute approximate surface area is 384 Å². The summed E-state index contributed by atoms with van der Waals surface area (Å²) in [7, 11) is 4.13. The first-order valence-electron chi connectivity index (χ1n) is 26.7. The van der Waals surface area contributed by atoms with E-state index in [0.717, 1.165) is 75.0 Å². The predicted octanol–water partition coefficient (Wildman–Crippen LogP) is 16.2. The van der Waals surface area contributed by atoms with Crippen LogP contribution in [0.15, 0.2) is 18.2 Å². The lowest BCUT2D eigenvalue weighted by Crippen LogP contribution is -2.13. The Morgan fingerprint density at radius 2 is 0.726 bits per heavy atom. The molecule has 1 aromatic carbocycles. The molecule has 0 saturated heterocycles. The van der Waals surface area contributed by atoms with E-state index in [2.05, 4.69) is 58.8 Å². The minimum atomic E-state index is -0.0320. The van der Waals surface area contributed by atoms with Gasteiger partial charge in [0.1, 0.15) is 11.5 Å². The summed E-state index contributed by atoms with van der Waals surface area (Å²) in [4.78, 5) is 27.9. The van der Waals surface area contributed by atoms with Gasteiger partial charge in [0.2, 0.25) is 0 Å². The topological polar surface area (TPSA) is 74.3 Å². The number of carbonyl (C=O) groups is 2. The van der Waals surface area contributed by atoms with Crippen LogP contribution in [0, 0.1) is 11.8 Å². The highest BCUT2D eigenvalue weighted by molar-refractivity contribution is 5.70. The van der Waals surface area contributed by atoms with Crippen LogP contribution in [0.3, 0.4) is 0 Å². The number of rotatable bonds is 46. The molecule has 0 aliphatic heterocycles. The Morgan fingerprint density at radius 1 is 0.419 bits per heavy atom. The third-order valence-corrected chi connectivity index (χ3v) is 12.4. The molecule has 62 heavy (non-hydrogen) atoms. The van der Waals surface area contributed by atoms with Crippen LogP contribution in [0.2, 0.25) is 0 Å². The Bertz CT molecular complexity index is 1040. The fraction of sp³-hybridized carbons (Fsp3) is 0.855.